The summed E-state index contributed by atoms with van der Waals surface area (Å²) < 4.78 is 10.8. The molecule has 2 aromatic rings. The van der Waals surface area contributed by atoms with E-state index in [1.807, 2.05) is 93.3 Å². The number of ether oxygens (including phenoxy) is 2. The number of epoxide rings is 1. The van der Waals surface area contributed by atoms with Crippen LogP contribution in [0.2, 0.25) is 0 Å². The van der Waals surface area contributed by atoms with Crippen molar-refractivity contribution in [2.24, 2.45) is 11.8 Å². The monoisotopic (exact) mass is 719 g/mol. The molecule has 0 saturated carbocycles. The van der Waals surface area contributed by atoms with Crippen molar-refractivity contribution in [2.75, 3.05) is 39.5 Å². The average molecular weight is 720 g/mol. The van der Waals surface area contributed by atoms with E-state index in [0.717, 1.165) is 11.1 Å². The quantitative estimate of drug-likeness (QED) is 0.152. The Labute approximate surface area is 308 Å². The van der Waals surface area contributed by atoms with E-state index in [0.29, 0.717) is 58.6 Å². The zero-order chi connectivity index (χ0) is 37.7. The van der Waals surface area contributed by atoms with Gasteiger partial charge in [-0.15, -0.1) is 0 Å². The lowest BCUT2D eigenvalue weighted by atomic mass is 9.93. The Bertz CT molecular complexity index is 1480. The molecule has 2 aliphatic rings. The summed E-state index contributed by atoms with van der Waals surface area (Å²) in [5.41, 5.74) is 0.915. The van der Waals surface area contributed by atoms with Crippen LogP contribution in [0, 0.1) is 11.8 Å². The molecule has 2 fully saturated rings. The predicted molar refractivity (Wildman–Crippen MR) is 198 cm³/mol. The minimum absolute atomic E-state index is 0.0171. The van der Waals surface area contributed by atoms with E-state index in [-0.39, 0.29) is 36.5 Å². The fraction of sp³-hybridized carbons (Fsp3) is 0.575. The highest BCUT2D eigenvalue weighted by molar-refractivity contribution is 5.98. The van der Waals surface area contributed by atoms with Gasteiger partial charge in [0.05, 0.1) is 32.4 Å². The Balaban J connectivity index is 1.51. The number of aryl methyl sites for hydroxylation is 1. The van der Waals surface area contributed by atoms with E-state index in [4.69, 9.17) is 9.47 Å². The molecule has 4 rings (SSSR count). The van der Waals surface area contributed by atoms with E-state index in [1.54, 1.807) is 6.92 Å². The molecule has 12 nitrogen and oxygen atoms in total. The van der Waals surface area contributed by atoms with Gasteiger partial charge >= 0.3 is 0 Å². The second kappa shape index (κ2) is 19.6. The standard InChI is InChI=1S/C40H57N5O7/c1-27(2)22-32(36(47)40(5)26-52-40)42-39(50)34(24-30-14-10-7-11-15-30)44-38(49)33(23-28(3)4)43-37(48)31(17-16-29-12-8-6-9-13-29)41-35(46)25-45-18-20-51-21-19-45/h6-15,27-28,31-34H,16-26H2,1-5H3,(H,41,46)(H,42,50)(H,43,48)(H,44,49)/t31-,32-,33-,34+,40+/m0/s1. The number of hydrogen-bond acceptors (Lipinski definition) is 8. The molecule has 0 aromatic heterocycles. The van der Waals surface area contributed by atoms with E-state index < -0.39 is 47.5 Å². The number of nitrogens with zero attached hydrogens (tertiary/aromatic N) is 1. The summed E-state index contributed by atoms with van der Waals surface area (Å²) in [6, 6.07) is 15.3. The first kappa shape index (κ1) is 40.6. The van der Waals surface area contributed by atoms with Gasteiger partial charge in [-0.3, -0.25) is 28.9 Å². The molecule has 0 unspecified atom stereocenters. The molecule has 2 aromatic carbocycles. The third kappa shape index (κ3) is 13.1. The molecule has 284 valence electrons. The maximum atomic E-state index is 14.1. The second-order valence-electron chi connectivity index (χ2n) is 15.0. The molecular weight excluding hydrogens is 662 g/mol. The first-order chi connectivity index (χ1) is 24.8. The number of carbonyl (C=O) groups is 5. The highest BCUT2D eigenvalue weighted by atomic mass is 16.6. The molecule has 4 N–H and O–H groups in total. The number of benzene rings is 2. The summed E-state index contributed by atoms with van der Waals surface area (Å²) in [5.74, 6) is -1.83. The highest BCUT2D eigenvalue weighted by Crippen LogP contribution is 2.29. The van der Waals surface area contributed by atoms with E-state index in [9.17, 15) is 24.0 Å². The maximum absolute atomic E-state index is 14.1. The molecule has 0 radical (unpaired) electrons. The Morgan fingerprint density at radius 2 is 1.19 bits per heavy atom. The van der Waals surface area contributed by atoms with Crippen LogP contribution in [-0.4, -0.2) is 104 Å². The van der Waals surface area contributed by atoms with Crippen molar-refractivity contribution in [1.82, 2.24) is 26.2 Å². The lowest BCUT2D eigenvalue weighted by Gasteiger charge is -2.29. The Kier molecular flexibility index (Phi) is 15.3. The van der Waals surface area contributed by atoms with Gasteiger partial charge in [0.2, 0.25) is 23.6 Å². The van der Waals surface area contributed by atoms with Gasteiger partial charge in [-0.25, -0.2) is 0 Å². The number of Topliss-reactive ketones (excluding diaryl/α,β-unsaturated/α-hetero) is 1. The summed E-state index contributed by atoms with van der Waals surface area (Å²) in [4.78, 5) is 70.5. The highest BCUT2D eigenvalue weighted by Gasteiger charge is 2.50. The van der Waals surface area contributed by atoms with Gasteiger partial charge in [0.1, 0.15) is 23.7 Å². The molecule has 2 aliphatic heterocycles. The van der Waals surface area contributed by atoms with Crippen LogP contribution < -0.4 is 21.3 Å². The summed E-state index contributed by atoms with van der Waals surface area (Å²) >= 11 is 0. The topological polar surface area (TPSA) is 158 Å². The number of amides is 4. The minimum atomic E-state index is -1.03. The van der Waals surface area contributed by atoms with E-state index >= 15 is 0 Å². The zero-order valence-electron chi connectivity index (χ0n) is 31.3. The maximum Gasteiger partial charge on any atom is 0.243 e. The fourth-order valence-corrected chi connectivity index (χ4v) is 6.33. The average Bonchev–Trinajstić information content (AvgIpc) is 3.87. The van der Waals surface area contributed by atoms with Crippen molar-refractivity contribution < 1.29 is 33.4 Å². The number of carbonyl (C=O) groups excluding carboxylic acids is 5. The minimum Gasteiger partial charge on any atom is -0.379 e. The molecule has 4 amide bonds. The van der Waals surface area contributed by atoms with Gasteiger partial charge < -0.3 is 30.7 Å². The van der Waals surface area contributed by atoms with Gasteiger partial charge in [-0.05, 0) is 55.6 Å². The smallest absolute Gasteiger partial charge is 0.243 e. The lowest BCUT2D eigenvalue weighted by Crippen LogP contribution is -2.59. The van der Waals surface area contributed by atoms with Crippen LogP contribution in [0.5, 0.6) is 0 Å². The number of hydrogen-bond donors (Lipinski definition) is 4. The largest absolute Gasteiger partial charge is 0.379 e. The second-order valence-corrected chi connectivity index (χ2v) is 15.0. The third-order valence-corrected chi connectivity index (χ3v) is 9.38. The van der Waals surface area contributed by atoms with Gasteiger partial charge in [-0.2, -0.15) is 0 Å². The normalized spacial score (nSPS) is 19.6. The fourth-order valence-electron chi connectivity index (χ4n) is 6.33. The molecule has 0 bridgehead atoms. The van der Waals surface area contributed by atoms with E-state index in [2.05, 4.69) is 21.3 Å². The first-order valence-electron chi connectivity index (χ1n) is 18.6. The Morgan fingerprint density at radius 1 is 0.692 bits per heavy atom. The summed E-state index contributed by atoms with van der Waals surface area (Å²) in [7, 11) is 0. The molecule has 0 aliphatic carbocycles. The third-order valence-electron chi connectivity index (χ3n) is 9.38. The van der Waals surface area contributed by atoms with Crippen LogP contribution in [0.4, 0.5) is 0 Å². The SMILES string of the molecule is CC(C)C[C@H](NC(=O)[C@H](CCc1ccccc1)NC(=O)CN1CCOCC1)C(=O)N[C@H](Cc1ccccc1)C(=O)N[C@@H](CC(C)C)C(=O)[C@@]1(C)CO1. The summed E-state index contributed by atoms with van der Waals surface area (Å²) in [6.07, 6.45) is 1.76. The predicted octanol–water partition coefficient (Wildman–Crippen LogP) is 2.58. The number of ketones is 1. The molecule has 5 atom stereocenters. The van der Waals surface area contributed by atoms with Crippen LogP contribution >= 0.6 is 0 Å². The van der Waals surface area contributed by atoms with Gasteiger partial charge in [0.25, 0.3) is 0 Å². The van der Waals surface area contributed by atoms with Gasteiger partial charge in [0.15, 0.2) is 5.78 Å². The van der Waals surface area contributed by atoms with Crippen molar-refractivity contribution in [1.29, 1.82) is 0 Å². The van der Waals surface area contributed by atoms with E-state index in [1.165, 1.54) is 0 Å². The van der Waals surface area contributed by atoms with Crippen LogP contribution in [0.15, 0.2) is 60.7 Å². The van der Waals surface area contributed by atoms with Gasteiger partial charge in [0, 0.05) is 19.5 Å². The van der Waals surface area contributed by atoms with Crippen molar-refractivity contribution in [3.8, 4) is 0 Å². The molecule has 0 spiro atoms. The van der Waals surface area contributed by atoms with Crippen molar-refractivity contribution >= 4 is 29.4 Å². The van der Waals surface area contributed by atoms with Crippen molar-refractivity contribution in [2.45, 2.75) is 96.5 Å². The van der Waals surface area contributed by atoms with Crippen LogP contribution in [0.25, 0.3) is 0 Å². The van der Waals surface area contributed by atoms with Crippen LogP contribution in [0.1, 0.15) is 65.0 Å². The van der Waals surface area contributed by atoms with Crippen LogP contribution in [-0.2, 0) is 46.3 Å². The van der Waals surface area contributed by atoms with Gasteiger partial charge in [-0.1, -0.05) is 88.4 Å². The van der Waals surface area contributed by atoms with Crippen LogP contribution in [0.3, 0.4) is 0 Å². The van der Waals surface area contributed by atoms with Crippen molar-refractivity contribution in [3.05, 3.63) is 71.8 Å². The zero-order valence-corrected chi connectivity index (χ0v) is 31.3. The van der Waals surface area contributed by atoms with Crippen molar-refractivity contribution in [3.63, 3.8) is 0 Å². The summed E-state index contributed by atoms with van der Waals surface area (Å²) in [6.45, 7) is 12.3. The summed E-state index contributed by atoms with van der Waals surface area (Å²) in [5, 5.41) is 11.7. The molecule has 2 saturated heterocycles. The first-order valence-corrected chi connectivity index (χ1v) is 18.6. The molecular formula is C40H57N5O7. The number of rotatable bonds is 20. The number of nitrogens with one attached hydrogen (secondary N) is 4. The molecule has 12 heteroatoms. The Hall–Kier alpha value is -4.13. The number of morpholine rings is 1. The Morgan fingerprint density at radius 3 is 1.77 bits per heavy atom. The molecule has 2 heterocycles. The molecule has 52 heavy (non-hydrogen) atoms. The lowest BCUT2D eigenvalue weighted by molar-refractivity contribution is -0.135.